The fraction of sp³-hybridized carbons (Fsp3) is 0.333. The molecule has 2 unspecified atom stereocenters. The number of fused-ring (bicyclic) bond motifs is 2. The molecule has 2 atom stereocenters. The zero-order valence-corrected chi connectivity index (χ0v) is 11.3. The zero-order valence-electron chi connectivity index (χ0n) is 11.3. The Labute approximate surface area is 115 Å². The Balaban J connectivity index is 2.32. The fourth-order valence-electron chi connectivity index (χ4n) is 2.74. The summed E-state index contributed by atoms with van der Waals surface area (Å²) in [4.78, 5) is 16.3. The Hall–Kier alpha value is -1.98. The van der Waals surface area contributed by atoms with Gasteiger partial charge in [0.05, 0.1) is 11.7 Å². The molecule has 5 nitrogen and oxygen atoms in total. The molecule has 2 N–H and O–H groups in total. The molecule has 0 saturated heterocycles. The second-order valence-electron chi connectivity index (χ2n) is 5.08. The van der Waals surface area contributed by atoms with Crippen molar-refractivity contribution >= 4 is 16.6 Å². The lowest BCUT2D eigenvalue weighted by molar-refractivity contribution is -0.0193. The number of carbonyl (C=O) groups excluding carboxylic acids is 1. The van der Waals surface area contributed by atoms with Crippen molar-refractivity contribution in [3.8, 4) is 5.75 Å². The summed E-state index contributed by atoms with van der Waals surface area (Å²) in [5, 5.41) is 21.9. The van der Waals surface area contributed by atoms with Crippen molar-refractivity contribution in [3.63, 3.8) is 0 Å². The smallest absolute Gasteiger partial charge is 0.169 e. The number of rotatable bonds is 1. The van der Waals surface area contributed by atoms with Crippen LogP contribution in [-0.4, -0.2) is 34.2 Å². The highest BCUT2D eigenvalue weighted by atomic mass is 16.5. The summed E-state index contributed by atoms with van der Waals surface area (Å²) in [5.41, 5.74) is 1.41. The van der Waals surface area contributed by atoms with E-state index in [1.807, 2.05) is 13.0 Å². The molecule has 1 aromatic carbocycles. The number of ketones is 1. The number of nitrogens with zero attached hydrogens (tertiary/aromatic N) is 1. The minimum absolute atomic E-state index is 0.0586. The quantitative estimate of drug-likeness (QED) is 0.829. The molecule has 104 valence electrons. The topological polar surface area (TPSA) is 79.7 Å². The van der Waals surface area contributed by atoms with E-state index in [0.717, 1.165) is 11.1 Å². The second-order valence-corrected chi connectivity index (χ2v) is 5.08. The Bertz CT molecular complexity index is 711. The van der Waals surface area contributed by atoms with Crippen LogP contribution in [0.3, 0.4) is 0 Å². The van der Waals surface area contributed by atoms with E-state index in [1.165, 1.54) is 7.11 Å². The second kappa shape index (κ2) is 4.54. The average Bonchev–Trinajstić information content (AvgIpc) is 2.42. The van der Waals surface area contributed by atoms with Crippen LogP contribution in [0, 0.1) is 6.92 Å². The molecule has 20 heavy (non-hydrogen) atoms. The Morgan fingerprint density at radius 1 is 1.40 bits per heavy atom. The standard InChI is InChI=1S/C15H15NO4/c1-7-3-8-4-9-13(15(19)10(8)6-16-7)11(17)5-12(20-2)14(9)18/h3-4,6,12,14,18-19H,5H2,1-2H3. The molecule has 0 bridgehead atoms. The number of hydrogen-bond acceptors (Lipinski definition) is 5. The molecule has 0 radical (unpaired) electrons. The molecule has 0 spiro atoms. The summed E-state index contributed by atoms with van der Waals surface area (Å²) < 4.78 is 5.14. The molecule has 1 aliphatic rings. The predicted octanol–water partition coefficient (Wildman–Crippen LogP) is 1.88. The molecule has 0 saturated carbocycles. The van der Waals surface area contributed by atoms with Crippen LogP contribution >= 0.6 is 0 Å². The van der Waals surface area contributed by atoms with Crippen LogP contribution in [0.5, 0.6) is 5.75 Å². The maximum atomic E-state index is 12.2. The number of aliphatic hydroxyl groups is 1. The molecular weight excluding hydrogens is 258 g/mol. The van der Waals surface area contributed by atoms with E-state index >= 15 is 0 Å². The van der Waals surface area contributed by atoms with Gasteiger partial charge in [0.2, 0.25) is 0 Å². The minimum Gasteiger partial charge on any atom is -0.506 e. The van der Waals surface area contributed by atoms with Gasteiger partial charge in [0, 0.05) is 30.8 Å². The number of pyridine rings is 1. The van der Waals surface area contributed by atoms with Gasteiger partial charge in [0.25, 0.3) is 0 Å². The van der Waals surface area contributed by atoms with Gasteiger partial charge in [0.15, 0.2) is 5.78 Å². The first-order chi connectivity index (χ1) is 9.52. The molecule has 1 aliphatic carbocycles. The zero-order chi connectivity index (χ0) is 14.4. The van der Waals surface area contributed by atoms with Crippen LogP contribution in [0.25, 0.3) is 10.8 Å². The number of aliphatic hydroxyl groups excluding tert-OH is 1. The van der Waals surface area contributed by atoms with Crippen molar-refractivity contribution in [1.82, 2.24) is 4.98 Å². The largest absolute Gasteiger partial charge is 0.506 e. The third-order valence-electron chi connectivity index (χ3n) is 3.80. The number of phenolic OH excluding ortho intramolecular Hbond substituents is 1. The fourth-order valence-corrected chi connectivity index (χ4v) is 2.74. The van der Waals surface area contributed by atoms with E-state index in [0.29, 0.717) is 10.9 Å². The van der Waals surface area contributed by atoms with Gasteiger partial charge in [-0.2, -0.15) is 0 Å². The van der Waals surface area contributed by atoms with Crippen LogP contribution in [0.4, 0.5) is 0 Å². The van der Waals surface area contributed by atoms with E-state index in [4.69, 9.17) is 4.74 Å². The number of aromatic nitrogens is 1. The normalized spacial score (nSPS) is 22.1. The molecule has 1 heterocycles. The Morgan fingerprint density at radius 3 is 2.85 bits per heavy atom. The van der Waals surface area contributed by atoms with E-state index in [9.17, 15) is 15.0 Å². The molecule has 2 aromatic rings. The maximum Gasteiger partial charge on any atom is 0.169 e. The minimum atomic E-state index is -0.920. The summed E-state index contributed by atoms with van der Waals surface area (Å²) in [5.74, 6) is -0.333. The number of benzene rings is 1. The monoisotopic (exact) mass is 273 g/mol. The number of aromatic hydroxyl groups is 1. The number of ether oxygens (including phenoxy) is 1. The highest BCUT2D eigenvalue weighted by molar-refractivity contribution is 6.07. The molecule has 5 heteroatoms. The van der Waals surface area contributed by atoms with Gasteiger partial charge in [-0.25, -0.2) is 0 Å². The van der Waals surface area contributed by atoms with Crippen LogP contribution in [0.15, 0.2) is 18.3 Å². The first-order valence-electron chi connectivity index (χ1n) is 6.39. The SMILES string of the molecule is COC1CC(=O)c2c(cc3cc(C)ncc3c2O)C1O. The van der Waals surface area contributed by atoms with E-state index < -0.39 is 12.2 Å². The van der Waals surface area contributed by atoms with Crippen LogP contribution < -0.4 is 0 Å². The van der Waals surface area contributed by atoms with Crippen LogP contribution in [0.1, 0.15) is 34.1 Å². The summed E-state index contributed by atoms with van der Waals surface area (Å²) in [6, 6.07) is 3.54. The van der Waals surface area contributed by atoms with Gasteiger partial charge < -0.3 is 14.9 Å². The van der Waals surface area contributed by atoms with Gasteiger partial charge in [-0.15, -0.1) is 0 Å². The number of methoxy groups -OCH3 is 1. The molecule has 3 rings (SSSR count). The van der Waals surface area contributed by atoms with Crippen LogP contribution in [0.2, 0.25) is 0 Å². The summed E-state index contributed by atoms with van der Waals surface area (Å²) in [7, 11) is 1.46. The van der Waals surface area contributed by atoms with Gasteiger partial charge >= 0.3 is 0 Å². The predicted molar refractivity (Wildman–Crippen MR) is 72.8 cm³/mol. The molecule has 0 amide bonds. The van der Waals surface area contributed by atoms with Crippen molar-refractivity contribution in [2.45, 2.75) is 25.6 Å². The lowest BCUT2D eigenvalue weighted by Gasteiger charge is -2.29. The van der Waals surface area contributed by atoms with Crippen LogP contribution in [-0.2, 0) is 4.74 Å². The van der Waals surface area contributed by atoms with Gasteiger partial charge in [-0.05, 0) is 30.0 Å². The van der Waals surface area contributed by atoms with Crippen molar-refractivity contribution in [2.75, 3.05) is 7.11 Å². The van der Waals surface area contributed by atoms with E-state index in [2.05, 4.69) is 4.98 Å². The molecule has 1 aromatic heterocycles. The number of carbonyl (C=O) groups is 1. The first-order valence-corrected chi connectivity index (χ1v) is 6.39. The van der Waals surface area contributed by atoms with Gasteiger partial charge in [-0.1, -0.05) is 0 Å². The number of aryl methyl sites for hydroxylation is 1. The van der Waals surface area contributed by atoms with Gasteiger partial charge in [-0.3, -0.25) is 9.78 Å². The van der Waals surface area contributed by atoms with Gasteiger partial charge in [0.1, 0.15) is 11.9 Å². The first kappa shape index (κ1) is 13.0. The summed E-state index contributed by atoms with van der Waals surface area (Å²) in [6.45, 7) is 1.84. The maximum absolute atomic E-state index is 12.2. The van der Waals surface area contributed by atoms with Crippen molar-refractivity contribution in [2.24, 2.45) is 0 Å². The van der Waals surface area contributed by atoms with E-state index in [-0.39, 0.29) is 23.5 Å². The Morgan fingerprint density at radius 2 is 2.15 bits per heavy atom. The molecular formula is C15H15NO4. The lowest BCUT2D eigenvalue weighted by atomic mass is 9.84. The summed E-state index contributed by atoms with van der Waals surface area (Å²) in [6.07, 6.45) is 0.108. The Kier molecular flexibility index (Phi) is 2.96. The number of phenols is 1. The lowest BCUT2D eigenvalue weighted by Crippen LogP contribution is -2.30. The van der Waals surface area contributed by atoms with Crippen molar-refractivity contribution in [1.29, 1.82) is 0 Å². The summed E-state index contributed by atoms with van der Waals surface area (Å²) >= 11 is 0. The highest BCUT2D eigenvalue weighted by Gasteiger charge is 2.35. The highest BCUT2D eigenvalue weighted by Crippen LogP contribution is 2.40. The van der Waals surface area contributed by atoms with Crippen molar-refractivity contribution < 1.29 is 19.7 Å². The third kappa shape index (κ3) is 1.78. The third-order valence-corrected chi connectivity index (χ3v) is 3.80. The van der Waals surface area contributed by atoms with Crippen molar-refractivity contribution in [3.05, 3.63) is 35.2 Å². The van der Waals surface area contributed by atoms with E-state index in [1.54, 1.807) is 12.3 Å². The number of hydrogen-bond donors (Lipinski definition) is 2. The molecule has 0 aliphatic heterocycles. The molecule has 0 fully saturated rings. The number of Topliss-reactive ketones (excluding diaryl/α,β-unsaturated/α-hetero) is 1. The average molecular weight is 273 g/mol.